The molecule has 3 aromatic rings. The molecule has 2 amide bonds. The number of hydrogen-bond acceptors (Lipinski definition) is 6. The Labute approximate surface area is 249 Å². The summed E-state index contributed by atoms with van der Waals surface area (Å²) in [5.41, 5.74) is 2.96. The van der Waals surface area contributed by atoms with Crippen molar-refractivity contribution in [3.8, 4) is 11.5 Å². The van der Waals surface area contributed by atoms with Gasteiger partial charge in [0.2, 0.25) is 11.8 Å². The zero-order valence-electron chi connectivity index (χ0n) is 25.4. The van der Waals surface area contributed by atoms with Crippen LogP contribution in [0.2, 0.25) is 0 Å². The molecule has 0 fully saturated rings. The van der Waals surface area contributed by atoms with Crippen molar-refractivity contribution in [1.82, 2.24) is 10.2 Å². The molecule has 10 heteroatoms. The Kier molecular flexibility index (Phi) is 11.0. The number of methoxy groups -OCH3 is 2. The Morgan fingerprint density at radius 2 is 1.55 bits per heavy atom. The average Bonchev–Trinajstić information content (AvgIpc) is 2.95. The van der Waals surface area contributed by atoms with Crippen LogP contribution in [0.3, 0.4) is 0 Å². The van der Waals surface area contributed by atoms with Gasteiger partial charge in [0.25, 0.3) is 10.0 Å². The summed E-state index contributed by atoms with van der Waals surface area (Å²) in [5, 5.41) is 2.91. The second kappa shape index (κ2) is 14.2. The molecule has 3 aromatic carbocycles. The number of nitrogens with one attached hydrogen (secondary N) is 1. The zero-order valence-corrected chi connectivity index (χ0v) is 26.2. The highest BCUT2D eigenvalue weighted by molar-refractivity contribution is 7.92. The fourth-order valence-electron chi connectivity index (χ4n) is 4.65. The molecule has 42 heavy (non-hydrogen) atoms. The number of carbonyl (C=O) groups is 2. The monoisotopic (exact) mass is 595 g/mol. The van der Waals surface area contributed by atoms with Crippen molar-refractivity contribution < 1.29 is 27.5 Å². The molecule has 0 aromatic heterocycles. The van der Waals surface area contributed by atoms with Gasteiger partial charge >= 0.3 is 0 Å². The van der Waals surface area contributed by atoms with Crippen LogP contribution in [0.4, 0.5) is 5.69 Å². The summed E-state index contributed by atoms with van der Waals surface area (Å²) in [7, 11) is -1.27. The Hall–Kier alpha value is -4.05. The third kappa shape index (κ3) is 7.82. The van der Waals surface area contributed by atoms with Crippen LogP contribution in [0.25, 0.3) is 0 Å². The van der Waals surface area contributed by atoms with Gasteiger partial charge in [0.05, 0.1) is 24.8 Å². The van der Waals surface area contributed by atoms with Crippen molar-refractivity contribution in [2.24, 2.45) is 0 Å². The molecule has 0 aliphatic rings. The van der Waals surface area contributed by atoms with Gasteiger partial charge in [0, 0.05) is 18.7 Å². The van der Waals surface area contributed by atoms with E-state index in [-0.39, 0.29) is 29.1 Å². The molecule has 0 aliphatic heterocycles. The quantitative estimate of drug-likeness (QED) is 0.303. The van der Waals surface area contributed by atoms with Crippen molar-refractivity contribution in [3.05, 3.63) is 83.4 Å². The Morgan fingerprint density at radius 1 is 0.881 bits per heavy atom. The van der Waals surface area contributed by atoms with Crippen LogP contribution in [0, 0.1) is 13.8 Å². The summed E-state index contributed by atoms with van der Waals surface area (Å²) in [6, 6.07) is 17.8. The topological polar surface area (TPSA) is 105 Å². The molecule has 226 valence electrons. The SMILES string of the molecule is CCC(C(=O)NC(C)C)N(Cc1cccc(C)c1)C(=O)CN(c1ccc(OC)c(OC)c1)S(=O)(=O)c1ccc(C)cc1. The molecule has 0 saturated heterocycles. The number of aryl methyl sites for hydroxylation is 2. The molecule has 1 N–H and O–H groups in total. The second-order valence-corrected chi connectivity index (χ2v) is 12.3. The van der Waals surface area contributed by atoms with E-state index in [0.29, 0.717) is 17.9 Å². The maximum Gasteiger partial charge on any atom is 0.264 e. The van der Waals surface area contributed by atoms with Crippen LogP contribution in [-0.2, 0) is 26.2 Å². The van der Waals surface area contributed by atoms with E-state index in [1.165, 1.54) is 37.3 Å². The van der Waals surface area contributed by atoms with Gasteiger partial charge in [0.15, 0.2) is 11.5 Å². The number of carbonyl (C=O) groups excluding carboxylic acids is 2. The van der Waals surface area contributed by atoms with E-state index in [0.717, 1.165) is 21.0 Å². The lowest BCUT2D eigenvalue weighted by Gasteiger charge is -2.33. The lowest BCUT2D eigenvalue weighted by atomic mass is 10.1. The van der Waals surface area contributed by atoms with Gasteiger partial charge < -0.3 is 19.7 Å². The summed E-state index contributed by atoms with van der Waals surface area (Å²) in [4.78, 5) is 29.0. The smallest absolute Gasteiger partial charge is 0.264 e. The Balaban J connectivity index is 2.12. The van der Waals surface area contributed by atoms with Crippen LogP contribution < -0.4 is 19.1 Å². The molecule has 9 nitrogen and oxygen atoms in total. The Bertz CT molecular complexity index is 1490. The summed E-state index contributed by atoms with van der Waals surface area (Å²) < 4.78 is 40.0. The van der Waals surface area contributed by atoms with Crippen LogP contribution >= 0.6 is 0 Å². The van der Waals surface area contributed by atoms with E-state index >= 15 is 0 Å². The minimum Gasteiger partial charge on any atom is -0.493 e. The fraction of sp³-hybridized carbons (Fsp3) is 0.375. The zero-order chi connectivity index (χ0) is 31.0. The lowest BCUT2D eigenvalue weighted by molar-refractivity contribution is -0.140. The van der Waals surface area contributed by atoms with Crippen molar-refractivity contribution in [3.63, 3.8) is 0 Å². The molecular weight excluding hydrogens is 554 g/mol. The first-order valence-corrected chi connectivity index (χ1v) is 15.3. The number of rotatable bonds is 13. The molecule has 0 radical (unpaired) electrons. The standard InChI is InChI=1S/C32H41N3O6S/c1-8-28(32(37)33-22(2)3)34(20-25-11-9-10-24(5)18-25)31(36)21-35(26-14-17-29(40-6)30(19-26)41-7)42(38,39)27-15-12-23(4)13-16-27/h9-19,22,28H,8,20-21H2,1-7H3,(H,33,37). The predicted molar refractivity (Wildman–Crippen MR) is 164 cm³/mol. The number of hydrogen-bond donors (Lipinski definition) is 1. The molecule has 3 rings (SSSR count). The highest BCUT2D eigenvalue weighted by Gasteiger charge is 2.34. The van der Waals surface area contributed by atoms with Crippen molar-refractivity contribution in [1.29, 1.82) is 0 Å². The third-order valence-corrected chi connectivity index (χ3v) is 8.58. The second-order valence-electron chi connectivity index (χ2n) is 10.5. The van der Waals surface area contributed by atoms with Crippen LogP contribution in [0.15, 0.2) is 71.6 Å². The van der Waals surface area contributed by atoms with Gasteiger partial charge in [-0.2, -0.15) is 0 Å². The lowest BCUT2D eigenvalue weighted by Crippen LogP contribution is -2.53. The highest BCUT2D eigenvalue weighted by Crippen LogP contribution is 2.34. The molecule has 0 saturated carbocycles. The van der Waals surface area contributed by atoms with Gasteiger partial charge in [-0.1, -0.05) is 54.4 Å². The number of amides is 2. The molecule has 0 spiro atoms. The first kappa shape index (κ1) is 32.5. The first-order valence-electron chi connectivity index (χ1n) is 13.9. The molecular formula is C32H41N3O6S. The summed E-state index contributed by atoms with van der Waals surface area (Å²) in [5.74, 6) is -0.0936. The van der Waals surface area contributed by atoms with Gasteiger partial charge in [-0.05, 0) is 63.9 Å². The van der Waals surface area contributed by atoms with E-state index < -0.39 is 28.5 Å². The van der Waals surface area contributed by atoms with Crippen molar-refractivity contribution in [2.45, 2.75) is 64.6 Å². The normalized spacial score (nSPS) is 12.0. The van der Waals surface area contributed by atoms with Crippen molar-refractivity contribution >= 4 is 27.5 Å². The molecule has 1 unspecified atom stereocenters. The maximum atomic E-state index is 14.2. The van der Waals surface area contributed by atoms with E-state index in [9.17, 15) is 18.0 Å². The molecule has 0 aliphatic carbocycles. The summed E-state index contributed by atoms with van der Waals surface area (Å²) >= 11 is 0. The van der Waals surface area contributed by atoms with E-state index in [1.807, 2.05) is 58.9 Å². The molecule has 1 atom stereocenters. The van der Waals surface area contributed by atoms with Gasteiger partial charge in [0.1, 0.15) is 12.6 Å². The van der Waals surface area contributed by atoms with Crippen LogP contribution in [0.1, 0.15) is 43.9 Å². The number of nitrogens with zero attached hydrogens (tertiary/aromatic N) is 2. The summed E-state index contributed by atoms with van der Waals surface area (Å²) in [6.45, 7) is 8.94. The number of sulfonamides is 1. The van der Waals surface area contributed by atoms with E-state index in [1.54, 1.807) is 24.3 Å². The van der Waals surface area contributed by atoms with Gasteiger partial charge in [-0.15, -0.1) is 0 Å². The Morgan fingerprint density at radius 3 is 2.12 bits per heavy atom. The predicted octanol–water partition coefficient (Wildman–Crippen LogP) is 4.85. The van der Waals surface area contributed by atoms with Crippen LogP contribution in [0.5, 0.6) is 11.5 Å². The number of ether oxygens (including phenoxy) is 2. The molecule has 0 bridgehead atoms. The fourth-order valence-corrected chi connectivity index (χ4v) is 6.06. The van der Waals surface area contributed by atoms with Crippen molar-refractivity contribution in [2.75, 3.05) is 25.1 Å². The minimum atomic E-state index is -4.21. The first-order chi connectivity index (χ1) is 19.9. The number of benzene rings is 3. The minimum absolute atomic E-state index is 0.0329. The van der Waals surface area contributed by atoms with E-state index in [4.69, 9.17) is 9.47 Å². The number of anilines is 1. The third-order valence-electron chi connectivity index (χ3n) is 6.80. The van der Waals surface area contributed by atoms with Gasteiger partial charge in [-0.3, -0.25) is 13.9 Å². The van der Waals surface area contributed by atoms with Gasteiger partial charge in [-0.25, -0.2) is 8.42 Å². The van der Waals surface area contributed by atoms with E-state index in [2.05, 4.69) is 5.32 Å². The highest BCUT2D eigenvalue weighted by atomic mass is 32.2. The molecule has 0 heterocycles. The maximum absolute atomic E-state index is 14.2. The van der Waals surface area contributed by atoms with Crippen LogP contribution in [-0.4, -0.2) is 58.0 Å². The largest absolute Gasteiger partial charge is 0.493 e. The average molecular weight is 596 g/mol. The summed E-state index contributed by atoms with van der Waals surface area (Å²) in [6.07, 6.45) is 0.344.